The molecule has 2 heterocycles. The Labute approximate surface area is 235 Å². The number of hydrogen-bond donors (Lipinski definition) is 0. The first-order valence-electron chi connectivity index (χ1n) is 11.9. The minimum atomic E-state index is 0.626. The van der Waals surface area contributed by atoms with Crippen molar-refractivity contribution >= 4 is 112 Å². The van der Waals surface area contributed by atoms with Crippen molar-refractivity contribution in [3.8, 4) is 11.1 Å². The van der Waals surface area contributed by atoms with Gasteiger partial charge in [-0.3, -0.25) is 0 Å². The SMILES string of the molecule is Clc1ccc2c(c1)cc(Cl)c1c3cc(-c4ccc5oc6c7ccc(Cl)cc7cc(Cl)c6c5c4)ccc3oc21. The predicted octanol–water partition coefficient (Wildman–Crippen LogP) is 12.1. The maximum Gasteiger partial charge on any atom is 0.144 e. The fourth-order valence-electron chi connectivity index (χ4n) is 5.54. The van der Waals surface area contributed by atoms with Crippen molar-refractivity contribution in [3.05, 3.63) is 105 Å². The Hall–Kier alpha value is -3.40. The van der Waals surface area contributed by atoms with E-state index in [-0.39, 0.29) is 0 Å². The lowest BCUT2D eigenvalue weighted by molar-refractivity contribution is 0.672. The summed E-state index contributed by atoms with van der Waals surface area (Å²) in [7, 11) is 0. The summed E-state index contributed by atoms with van der Waals surface area (Å²) < 4.78 is 12.6. The minimum absolute atomic E-state index is 0.626. The lowest BCUT2D eigenvalue weighted by atomic mass is 9.99. The Morgan fingerprint density at radius 2 is 0.868 bits per heavy atom. The van der Waals surface area contributed by atoms with Gasteiger partial charge in [0.2, 0.25) is 0 Å². The van der Waals surface area contributed by atoms with Gasteiger partial charge < -0.3 is 8.83 Å². The van der Waals surface area contributed by atoms with E-state index in [0.717, 1.165) is 76.5 Å². The standard InChI is InChI=1S/C32H14Cl4O2/c33-19-3-5-21-17(9-19)13-25(35)29-23-11-15(1-7-27(23)37-31(21)29)16-2-8-28-24(12-16)30-26(36)14-18-10-20(34)4-6-22(18)32(30)38-28/h1-14H. The van der Waals surface area contributed by atoms with E-state index in [2.05, 4.69) is 24.3 Å². The molecule has 0 fully saturated rings. The molecule has 6 aromatic carbocycles. The molecule has 2 aromatic heterocycles. The predicted molar refractivity (Wildman–Crippen MR) is 161 cm³/mol. The summed E-state index contributed by atoms with van der Waals surface area (Å²) in [6.07, 6.45) is 0. The molecule has 0 bridgehead atoms. The van der Waals surface area contributed by atoms with Crippen LogP contribution in [-0.4, -0.2) is 0 Å². The maximum atomic E-state index is 6.77. The van der Waals surface area contributed by atoms with Crippen LogP contribution >= 0.6 is 46.4 Å². The van der Waals surface area contributed by atoms with E-state index in [4.69, 9.17) is 55.2 Å². The Morgan fingerprint density at radius 3 is 1.32 bits per heavy atom. The van der Waals surface area contributed by atoms with Gasteiger partial charge in [-0.05, 0) is 94.7 Å². The van der Waals surface area contributed by atoms with Crippen LogP contribution in [0, 0.1) is 0 Å². The molecule has 2 nitrogen and oxygen atoms in total. The van der Waals surface area contributed by atoms with Gasteiger partial charge >= 0.3 is 0 Å². The number of fused-ring (bicyclic) bond motifs is 10. The van der Waals surface area contributed by atoms with Crippen LogP contribution in [0.25, 0.3) is 76.5 Å². The third kappa shape index (κ3) is 3.22. The zero-order valence-corrected chi connectivity index (χ0v) is 22.4. The van der Waals surface area contributed by atoms with E-state index in [1.165, 1.54) is 0 Å². The third-order valence-electron chi connectivity index (χ3n) is 7.27. The highest BCUT2D eigenvalue weighted by Gasteiger charge is 2.18. The van der Waals surface area contributed by atoms with Crippen LogP contribution in [0.1, 0.15) is 0 Å². The molecule has 0 amide bonds. The highest BCUT2D eigenvalue weighted by atomic mass is 35.5. The quantitative estimate of drug-likeness (QED) is 0.196. The fraction of sp³-hybridized carbons (Fsp3) is 0. The van der Waals surface area contributed by atoms with Crippen molar-refractivity contribution in [2.45, 2.75) is 0 Å². The molecule has 0 saturated heterocycles. The maximum absolute atomic E-state index is 6.77. The molecule has 182 valence electrons. The van der Waals surface area contributed by atoms with Crippen molar-refractivity contribution in [1.82, 2.24) is 0 Å². The van der Waals surface area contributed by atoms with E-state index in [1.54, 1.807) is 0 Å². The molecule has 8 aromatic rings. The molecule has 0 spiro atoms. The van der Waals surface area contributed by atoms with Crippen LogP contribution in [0.3, 0.4) is 0 Å². The second kappa shape index (κ2) is 8.05. The highest BCUT2D eigenvalue weighted by Crippen LogP contribution is 2.43. The molecule has 0 saturated carbocycles. The smallest absolute Gasteiger partial charge is 0.144 e. The Morgan fingerprint density at radius 1 is 0.421 bits per heavy atom. The molecule has 0 aliphatic carbocycles. The molecule has 0 aliphatic heterocycles. The van der Waals surface area contributed by atoms with Crippen molar-refractivity contribution in [3.63, 3.8) is 0 Å². The highest BCUT2D eigenvalue weighted by molar-refractivity contribution is 6.41. The van der Waals surface area contributed by atoms with Gasteiger partial charge in [0.1, 0.15) is 22.3 Å². The van der Waals surface area contributed by atoms with Gasteiger partial charge in [-0.15, -0.1) is 0 Å². The first kappa shape index (κ1) is 22.6. The fourth-order valence-corrected chi connectivity index (χ4v) is 6.52. The van der Waals surface area contributed by atoms with Crippen molar-refractivity contribution in [1.29, 1.82) is 0 Å². The summed E-state index contributed by atoms with van der Waals surface area (Å²) in [6, 6.07) is 27.7. The second-order valence-corrected chi connectivity index (χ2v) is 11.2. The molecule has 0 atom stereocenters. The Balaban J connectivity index is 1.36. The van der Waals surface area contributed by atoms with Crippen LogP contribution < -0.4 is 0 Å². The average Bonchev–Trinajstić information content (AvgIpc) is 3.47. The number of benzene rings is 6. The van der Waals surface area contributed by atoms with E-state index >= 15 is 0 Å². The molecule has 0 aliphatic rings. The third-order valence-corrected chi connectivity index (χ3v) is 8.33. The summed E-state index contributed by atoms with van der Waals surface area (Å²) >= 11 is 26.0. The van der Waals surface area contributed by atoms with Gasteiger partial charge in [0.05, 0.1) is 10.0 Å². The normalized spacial score (nSPS) is 12.2. The molecular formula is C32H14Cl4O2. The molecule has 0 unspecified atom stereocenters. The molecule has 0 N–H and O–H groups in total. The summed E-state index contributed by atoms with van der Waals surface area (Å²) in [6.45, 7) is 0. The monoisotopic (exact) mass is 570 g/mol. The van der Waals surface area contributed by atoms with E-state index in [9.17, 15) is 0 Å². The minimum Gasteiger partial charge on any atom is -0.455 e. The summed E-state index contributed by atoms with van der Waals surface area (Å²) in [5.74, 6) is 0. The van der Waals surface area contributed by atoms with Crippen molar-refractivity contribution in [2.75, 3.05) is 0 Å². The lowest BCUT2D eigenvalue weighted by Crippen LogP contribution is -1.80. The van der Waals surface area contributed by atoms with Gasteiger partial charge in [0.25, 0.3) is 0 Å². The van der Waals surface area contributed by atoms with Crippen LogP contribution in [0.15, 0.2) is 93.8 Å². The molecule has 0 radical (unpaired) electrons. The molecule has 8 rings (SSSR count). The second-order valence-electron chi connectivity index (χ2n) is 9.48. The summed E-state index contributed by atoms with van der Waals surface area (Å²) in [5.41, 5.74) is 5.13. The average molecular weight is 572 g/mol. The van der Waals surface area contributed by atoms with E-state index in [0.29, 0.717) is 20.1 Å². The number of rotatable bonds is 1. The van der Waals surface area contributed by atoms with Gasteiger partial charge in [0.15, 0.2) is 0 Å². The van der Waals surface area contributed by atoms with Crippen LogP contribution in [0.5, 0.6) is 0 Å². The molecular weight excluding hydrogens is 558 g/mol. The molecule has 6 heteroatoms. The summed E-state index contributed by atoms with van der Waals surface area (Å²) in [4.78, 5) is 0. The first-order valence-corrected chi connectivity index (χ1v) is 13.4. The van der Waals surface area contributed by atoms with Gasteiger partial charge in [0, 0.05) is 42.4 Å². The van der Waals surface area contributed by atoms with Gasteiger partial charge in [-0.2, -0.15) is 0 Å². The zero-order chi connectivity index (χ0) is 25.7. The number of hydrogen-bond acceptors (Lipinski definition) is 2. The van der Waals surface area contributed by atoms with Crippen LogP contribution in [0.2, 0.25) is 20.1 Å². The van der Waals surface area contributed by atoms with Gasteiger partial charge in [-0.25, -0.2) is 0 Å². The van der Waals surface area contributed by atoms with E-state index < -0.39 is 0 Å². The number of furan rings is 2. The van der Waals surface area contributed by atoms with Crippen LogP contribution in [-0.2, 0) is 0 Å². The number of halogens is 4. The van der Waals surface area contributed by atoms with Crippen molar-refractivity contribution < 1.29 is 8.83 Å². The first-order chi connectivity index (χ1) is 18.4. The molecule has 38 heavy (non-hydrogen) atoms. The lowest BCUT2D eigenvalue weighted by Gasteiger charge is -2.04. The van der Waals surface area contributed by atoms with Crippen molar-refractivity contribution in [2.24, 2.45) is 0 Å². The zero-order valence-electron chi connectivity index (χ0n) is 19.4. The van der Waals surface area contributed by atoms with E-state index in [1.807, 2.05) is 60.7 Å². The topological polar surface area (TPSA) is 26.3 Å². The van der Waals surface area contributed by atoms with Crippen LogP contribution in [0.4, 0.5) is 0 Å². The summed E-state index contributed by atoms with van der Waals surface area (Å²) in [5, 5.41) is 10.1. The Kier molecular flexibility index (Phi) is 4.78. The largest absolute Gasteiger partial charge is 0.455 e. The Bertz CT molecular complexity index is 2130. The van der Waals surface area contributed by atoms with Gasteiger partial charge in [-0.1, -0.05) is 58.5 Å².